The fourth-order valence-corrected chi connectivity index (χ4v) is 3.18. The molecule has 0 bridgehead atoms. The van der Waals surface area contributed by atoms with E-state index in [-0.39, 0.29) is 11.8 Å². The summed E-state index contributed by atoms with van der Waals surface area (Å²) in [5.41, 5.74) is 2.55. The van der Waals surface area contributed by atoms with E-state index < -0.39 is 0 Å². The van der Waals surface area contributed by atoms with E-state index in [9.17, 15) is 4.79 Å². The first-order valence-electron chi connectivity index (χ1n) is 8.95. The molecule has 138 valence electrons. The zero-order valence-corrected chi connectivity index (χ0v) is 15.7. The number of amides is 1. The summed E-state index contributed by atoms with van der Waals surface area (Å²) in [6.07, 6.45) is 3.02. The summed E-state index contributed by atoms with van der Waals surface area (Å²) in [7, 11) is 1.63. The zero-order chi connectivity index (χ0) is 18.8. The van der Waals surface area contributed by atoms with Crippen LogP contribution >= 0.6 is 11.6 Å². The molecule has 1 aromatic heterocycles. The normalized spacial score (nSPS) is 13.9. The minimum absolute atomic E-state index is 0.0542. The molecular weight excluding hydrogens is 362 g/mol. The molecule has 1 fully saturated rings. The lowest BCUT2D eigenvalue weighted by molar-refractivity contribution is -0.122. The SMILES string of the molecule is COc1ccc(-n2nc(-c3ccc(Cl)cc3)cc2NC(=O)C2CCC2)cc1. The Hall–Kier alpha value is -2.79. The number of nitrogens with one attached hydrogen (secondary N) is 1. The van der Waals surface area contributed by atoms with Crippen LogP contribution in [-0.2, 0) is 4.79 Å². The highest BCUT2D eigenvalue weighted by atomic mass is 35.5. The van der Waals surface area contributed by atoms with Crippen LogP contribution in [0.4, 0.5) is 5.82 Å². The van der Waals surface area contributed by atoms with Crippen LogP contribution in [0.1, 0.15) is 19.3 Å². The molecule has 0 atom stereocenters. The number of hydrogen-bond donors (Lipinski definition) is 1. The summed E-state index contributed by atoms with van der Waals surface area (Å²) in [5.74, 6) is 1.58. The predicted octanol–water partition coefficient (Wildman–Crippen LogP) is 4.94. The number of aromatic nitrogens is 2. The molecule has 0 radical (unpaired) electrons. The van der Waals surface area contributed by atoms with E-state index in [1.165, 1.54) is 0 Å². The highest BCUT2D eigenvalue weighted by Crippen LogP contribution is 2.30. The van der Waals surface area contributed by atoms with Gasteiger partial charge in [-0.1, -0.05) is 30.2 Å². The van der Waals surface area contributed by atoms with E-state index in [4.69, 9.17) is 21.4 Å². The largest absolute Gasteiger partial charge is 0.497 e. The molecule has 27 heavy (non-hydrogen) atoms. The molecule has 1 aliphatic carbocycles. The van der Waals surface area contributed by atoms with E-state index in [0.717, 1.165) is 42.0 Å². The Morgan fingerprint density at radius 3 is 2.44 bits per heavy atom. The lowest BCUT2D eigenvalue weighted by Crippen LogP contribution is -2.28. The van der Waals surface area contributed by atoms with Gasteiger partial charge in [0.25, 0.3) is 0 Å². The van der Waals surface area contributed by atoms with Crippen molar-refractivity contribution in [1.29, 1.82) is 0 Å². The minimum atomic E-state index is 0.0542. The van der Waals surface area contributed by atoms with Gasteiger partial charge in [0.2, 0.25) is 5.91 Å². The number of rotatable bonds is 5. The number of carbonyl (C=O) groups excluding carboxylic acids is 1. The highest BCUT2D eigenvalue weighted by molar-refractivity contribution is 6.30. The molecule has 3 aromatic rings. The van der Waals surface area contributed by atoms with Crippen molar-refractivity contribution in [2.45, 2.75) is 19.3 Å². The molecule has 1 aliphatic rings. The Morgan fingerprint density at radius 2 is 1.85 bits per heavy atom. The summed E-state index contributed by atoms with van der Waals surface area (Å²) < 4.78 is 6.98. The number of halogens is 1. The Balaban J connectivity index is 1.71. The van der Waals surface area contributed by atoms with Gasteiger partial charge < -0.3 is 10.1 Å². The molecule has 1 amide bonds. The van der Waals surface area contributed by atoms with Crippen molar-refractivity contribution in [3.05, 3.63) is 59.6 Å². The number of ether oxygens (including phenoxy) is 1. The Labute approximate surface area is 162 Å². The Kier molecular flexibility index (Phi) is 4.86. The average molecular weight is 382 g/mol. The number of anilines is 1. The molecule has 6 heteroatoms. The molecule has 0 saturated heterocycles. The van der Waals surface area contributed by atoms with Gasteiger partial charge in [0.15, 0.2) is 0 Å². The highest BCUT2D eigenvalue weighted by Gasteiger charge is 2.26. The van der Waals surface area contributed by atoms with Crippen molar-refractivity contribution in [1.82, 2.24) is 9.78 Å². The van der Waals surface area contributed by atoms with E-state index in [1.54, 1.807) is 11.8 Å². The van der Waals surface area contributed by atoms with Gasteiger partial charge in [-0.15, -0.1) is 0 Å². The summed E-state index contributed by atoms with van der Waals surface area (Å²) in [5, 5.41) is 8.43. The van der Waals surface area contributed by atoms with Crippen molar-refractivity contribution >= 4 is 23.3 Å². The van der Waals surface area contributed by atoms with Crippen LogP contribution < -0.4 is 10.1 Å². The number of carbonyl (C=O) groups is 1. The summed E-state index contributed by atoms with van der Waals surface area (Å²) in [4.78, 5) is 12.5. The quantitative estimate of drug-likeness (QED) is 0.681. The van der Waals surface area contributed by atoms with Gasteiger partial charge >= 0.3 is 0 Å². The predicted molar refractivity (Wildman–Crippen MR) is 107 cm³/mol. The first-order chi connectivity index (χ1) is 13.1. The maximum Gasteiger partial charge on any atom is 0.228 e. The topological polar surface area (TPSA) is 56.1 Å². The smallest absolute Gasteiger partial charge is 0.228 e. The van der Waals surface area contributed by atoms with E-state index in [1.807, 2.05) is 54.6 Å². The van der Waals surface area contributed by atoms with Gasteiger partial charge in [0.05, 0.1) is 18.5 Å². The monoisotopic (exact) mass is 381 g/mol. The van der Waals surface area contributed by atoms with Crippen LogP contribution in [0.15, 0.2) is 54.6 Å². The van der Waals surface area contributed by atoms with Gasteiger partial charge in [-0.05, 0) is 49.2 Å². The summed E-state index contributed by atoms with van der Waals surface area (Å²) in [6.45, 7) is 0. The fourth-order valence-electron chi connectivity index (χ4n) is 3.05. The molecule has 5 nitrogen and oxygen atoms in total. The summed E-state index contributed by atoms with van der Waals surface area (Å²) in [6, 6.07) is 17.0. The zero-order valence-electron chi connectivity index (χ0n) is 15.0. The van der Waals surface area contributed by atoms with Crippen LogP contribution in [0.3, 0.4) is 0 Å². The fraction of sp³-hybridized carbons (Fsp3) is 0.238. The Bertz CT molecular complexity index is 945. The van der Waals surface area contributed by atoms with Crippen molar-refractivity contribution in [3.8, 4) is 22.7 Å². The van der Waals surface area contributed by atoms with E-state index in [2.05, 4.69) is 5.32 Å². The van der Waals surface area contributed by atoms with E-state index in [0.29, 0.717) is 10.8 Å². The number of nitrogens with zero attached hydrogens (tertiary/aromatic N) is 2. The maximum absolute atomic E-state index is 12.5. The van der Waals surface area contributed by atoms with Crippen molar-refractivity contribution in [3.63, 3.8) is 0 Å². The molecule has 4 rings (SSSR count). The number of hydrogen-bond acceptors (Lipinski definition) is 3. The van der Waals surface area contributed by atoms with Crippen LogP contribution in [0.25, 0.3) is 16.9 Å². The van der Waals surface area contributed by atoms with Crippen LogP contribution in [0, 0.1) is 5.92 Å². The third kappa shape index (κ3) is 3.69. The molecule has 1 heterocycles. The van der Waals surface area contributed by atoms with Gasteiger partial charge in [0.1, 0.15) is 11.6 Å². The molecule has 1 saturated carbocycles. The van der Waals surface area contributed by atoms with Gasteiger partial charge in [-0.25, -0.2) is 4.68 Å². The van der Waals surface area contributed by atoms with E-state index >= 15 is 0 Å². The van der Waals surface area contributed by atoms with Crippen molar-refractivity contribution in [2.24, 2.45) is 5.92 Å². The third-order valence-corrected chi connectivity index (χ3v) is 5.15. The molecular formula is C21H20ClN3O2. The minimum Gasteiger partial charge on any atom is -0.497 e. The second-order valence-electron chi connectivity index (χ2n) is 6.65. The van der Waals surface area contributed by atoms with Crippen molar-refractivity contribution < 1.29 is 9.53 Å². The molecule has 1 N–H and O–H groups in total. The van der Waals surface area contributed by atoms with Crippen molar-refractivity contribution in [2.75, 3.05) is 12.4 Å². The molecule has 2 aromatic carbocycles. The average Bonchev–Trinajstić information content (AvgIpc) is 3.04. The van der Waals surface area contributed by atoms with Gasteiger partial charge in [-0.2, -0.15) is 5.10 Å². The van der Waals surface area contributed by atoms with Gasteiger partial charge in [-0.3, -0.25) is 4.79 Å². The van der Waals surface area contributed by atoms with Gasteiger partial charge in [0, 0.05) is 22.6 Å². The number of methoxy groups -OCH3 is 1. The lowest BCUT2D eigenvalue weighted by atomic mass is 9.85. The Morgan fingerprint density at radius 1 is 1.15 bits per heavy atom. The molecule has 0 aliphatic heterocycles. The second-order valence-corrected chi connectivity index (χ2v) is 7.09. The maximum atomic E-state index is 12.5. The van der Waals surface area contributed by atoms with Crippen LogP contribution in [0.5, 0.6) is 5.75 Å². The summed E-state index contributed by atoms with van der Waals surface area (Å²) >= 11 is 5.99. The number of benzene rings is 2. The first kappa shape index (κ1) is 17.6. The second kappa shape index (κ2) is 7.45. The van der Waals surface area contributed by atoms with Crippen LogP contribution in [0.2, 0.25) is 5.02 Å². The van der Waals surface area contributed by atoms with Crippen LogP contribution in [-0.4, -0.2) is 22.8 Å². The first-order valence-corrected chi connectivity index (χ1v) is 9.33. The standard InChI is InChI=1S/C21H20ClN3O2/c1-27-18-11-9-17(10-12-18)25-20(23-21(26)15-3-2-4-15)13-19(24-25)14-5-7-16(22)8-6-14/h5-13,15H,2-4H2,1H3,(H,23,26). The third-order valence-electron chi connectivity index (χ3n) is 4.89. The molecule has 0 spiro atoms. The molecule has 0 unspecified atom stereocenters. The lowest BCUT2D eigenvalue weighted by Gasteiger charge is -2.24.